The van der Waals surface area contributed by atoms with Gasteiger partial charge >= 0.3 is 0 Å². The fourth-order valence-corrected chi connectivity index (χ4v) is 12.7. The van der Waals surface area contributed by atoms with E-state index in [1.807, 2.05) is 0 Å². The van der Waals surface area contributed by atoms with E-state index in [-0.39, 0.29) is 14.9 Å². The summed E-state index contributed by atoms with van der Waals surface area (Å²) in [6, 6.07) is 44.2. The van der Waals surface area contributed by atoms with Gasteiger partial charge in [-0.3, -0.25) is 0 Å². The van der Waals surface area contributed by atoms with Crippen LogP contribution >= 0.6 is 0 Å². The predicted octanol–water partition coefficient (Wildman–Crippen LogP) is 20.6. The van der Waals surface area contributed by atoms with Crippen LogP contribution in [0.5, 0.6) is 0 Å². The second-order valence-electron chi connectivity index (χ2n) is 23.6. The van der Waals surface area contributed by atoms with Crippen LogP contribution in [0, 0.1) is 18.8 Å². The molecule has 4 aliphatic rings. The van der Waals surface area contributed by atoms with E-state index in [4.69, 9.17) is 0 Å². The SMILES string of the molecule is C.C.CC(C)N1c2ccccc2C=Cc2ccccc21.CC(C)n1c2ccccc2c2ccccc21.CC1CCCc2ccn(C(C)C)c21.CC1CCc2c(ccn2C(C)C)C1.Cc1cc2c(n1C(C)C)CC(C)CC2. The summed E-state index contributed by atoms with van der Waals surface area (Å²) in [5, 5.41) is 2.71. The van der Waals surface area contributed by atoms with E-state index in [2.05, 4.69) is 260 Å². The topological polar surface area (TPSA) is 23.0 Å². The maximum absolute atomic E-state index is 2.52. The van der Waals surface area contributed by atoms with E-state index >= 15 is 0 Å². The monoisotopic (exact) mass is 1020 g/mol. The number of anilines is 2. The first kappa shape index (κ1) is 59.3. The highest BCUT2D eigenvalue weighted by Crippen LogP contribution is 2.38. The summed E-state index contributed by atoms with van der Waals surface area (Å²) in [6.45, 7) is 31.9. The maximum Gasteiger partial charge on any atom is 0.0493 e. The van der Waals surface area contributed by atoms with Crippen LogP contribution in [-0.2, 0) is 32.1 Å². The van der Waals surface area contributed by atoms with Gasteiger partial charge in [0.25, 0.3) is 0 Å². The smallest absolute Gasteiger partial charge is 0.0493 e. The zero-order valence-corrected chi connectivity index (χ0v) is 48.0. The number of aromatic nitrogens is 4. The van der Waals surface area contributed by atoms with Gasteiger partial charge in [-0.15, -0.1) is 0 Å². The molecule has 1 aliphatic heterocycles. The Balaban J connectivity index is 0.000000154. The molecule has 4 aromatic carbocycles. The van der Waals surface area contributed by atoms with E-state index < -0.39 is 0 Å². The fourth-order valence-electron chi connectivity index (χ4n) is 12.7. The molecule has 0 bridgehead atoms. The van der Waals surface area contributed by atoms with Crippen LogP contribution in [0.25, 0.3) is 34.0 Å². The summed E-state index contributed by atoms with van der Waals surface area (Å²) in [4.78, 5) is 2.41. The molecule has 8 aromatic rings. The standard InChI is InChI=1S/C17H17N.C15H15N.C13H21N.2C12H19N.2CH4/c1-13(2)18-16-9-5-3-7-14(16)11-12-15-8-4-6-10-17(15)18;1-11(2)16-14-9-5-3-7-12(14)13-8-4-6-10-15(13)16;1-9(2)14-11(4)8-12-6-5-10(3)7-13(12)14;1-9(2)13-7-6-11-8-10(3)4-5-12(11)13;1-9(2)13-8-7-11-6-4-5-10(3)12(11)13;;/h3-13H,1-2H3;3-11H,1-2H3;8-10H,5-7H2,1-4H3;6-7,9-10H,4-5,8H2,1-3H3;7-10H,4-6H2,1-3H3;2*1H4. The first-order valence-electron chi connectivity index (χ1n) is 28.7. The lowest BCUT2D eigenvalue weighted by Crippen LogP contribution is -2.26. The summed E-state index contributed by atoms with van der Waals surface area (Å²) >= 11 is 0. The van der Waals surface area contributed by atoms with Gasteiger partial charge in [-0.1, -0.05) is 121 Å². The van der Waals surface area contributed by atoms with Gasteiger partial charge in [-0.2, -0.15) is 0 Å². The summed E-state index contributed by atoms with van der Waals surface area (Å²) in [7, 11) is 0. The van der Waals surface area contributed by atoms with Crippen molar-refractivity contribution >= 4 is 45.3 Å². The molecule has 5 heteroatoms. The molecule has 5 heterocycles. The minimum atomic E-state index is 0. The molecule has 5 nitrogen and oxygen atoms in total. The average Bonchev–Trinajstić information content (AvgIpc) is 4.15. The Morgan fingerprint density at radius 2 is 0.947 bits per heavy atom. The fraction of sp³-hybridized carbons (Fsp3) is 0.465. The van der Waals surface area contributed by atoms with Crippen molar-refractivity contribution < 1.29 is 0 Å². The number of hydrogen-bond donors (Lipinski definition) is 0. The third kappa shape index (κ3) is 13.1. The lowest BCUT2D eigenvalue weighted by Gasteiger charge is -2.30. The lowest BCUT2D eigenvalue weighted by molar-refractivity contribution is 0.460. The van der Waals surface area contributed by atoms with Gasteiger partial charge in [0.15, 0.2) is 0 Å². The predicted molar refractivity (Wildman–Crippen MR) is 335 cm³/mol. The number of para-hydroxylation sites is 4. The third-order valence-corrected chi connectivity index (χ3v) is 16.1. The van der Waals surface area contributed by atoms with Crippen molar-refractivity contribution in [3.8, 4) is 0 Å². The molecule has 3 atom stereocenters. The second-order valence-corrected chi connectivity index (χ2v) is 23.6. The van der Waals surface area contributed by atoms with E-state index in [1.165, 1.54) is 108 Å². The molecule has 0 N–H and O–H groups in total. The van der Waals surface area contributed by atoms with Crippen LogP contribution < -0.4 is 4.90 Å². The van der Waals surface area contributed by atoms with Crippen molar-refractivity contribution in [1.82, 2.24) is 18.3 Å². The molecule has 0 spiro atoms. The highest BCUT2D eigenvalue weighted by molar-refractivity contribution is 6.08. The molecule has 0 fully saturated rings. The maximum atomic E-state index is 2.52. The van der Waals surface area contributed by atoms with Gasteiger partial charge in [0, 0.05) is 98.6 Å². The van der Waals surface area contributed by atoms with Crippen molar-refractivity contribution in [2.45, 2.75) is 206 Å². The molecule has 408 valence electrons. The van der Waals surface area contributed by atoms with Crippen molar-refractivity contribution in [3.05, 3.63) is 178 Å². The van der Waals surface area contributed by atoms with Gasteiger partial charge in [-0.25, -0.2) is 0 Å². The molecule has 76 heavy (non-hydrogen) atoms. The van der Waals surface area contributed by atoms with Gasteiger partial charge in [-0.05, 0) is 222 Å². The van der Waals surface area contributed by atoms with Gasteiger partial charge < -0.3 is 23.2 Å². The molecular weight excluding hydrogens is 923 g/mol. The Morgan fingerprint density at radius 1 is 0.447 bits per heavy atom. The summed E-state index contributed by atoms with van der Waals surface area (Å²) in [6.07, 6.45) is 20.8. The number of benzene rings is 4. The van der Waals surface area contributed by atoms with E-state index in [1.54, 1.807) is 33.8 Å². The molecule has 0 amide bonds. The minimum Gasteiger partial charge on any atom is -0.349 e. The molecule has 3 aliphatic carbocycles. The Morgan fingerprint density at radius 3 is 1.50 bits per heavy atom. The summed E-state index contributed by atoms with van der Waals surface area (Å²) in [5.74, 6) is 2.52. The Bertz CT molecular complexity index is 3010. The van der Waals surface area contributed by atoms with Crippen molar-refractivity contribution in [2.75, 3.05) is 4.90 Å². The van der Waals surface area contributed by atoms with Crippen LogP contribution in [0.3, 0.4) is 0 Å². The molecule has 3 unspecified atom stereocenters. The van der Waals surface area contributed by atoms with Gasteiger partial charge in [0.1, 0.15) is 0 Å². The summed E-state index contributed by atoms with van der Waals surface area (Å²) < 4.78 is 9.80. The second kappa shape index (κ2) is 26.4. The Hall–Kier alpha value is -5.94. The molecule has 0 saturated heterocycles. The zero-order chi connectivity index (χ0) is 52.8. The van der Waals surface area contributed by atoms with E-state index in [0.717, 1.165) is 17.8 Å². The largest absolute Gasteiger partial charge is 0.349 e. The quantitative estimate of drug-likeness (QED) is 0.168. The van der Waals surface area contributed by atoms with Crippen molar-refractivity contribution in [2.24, 2.45) is 11.8 Å². The summed E-state index contributed by atoms with van der Waals surface area (Å²) in [5.41, 5.74) is 18.8. The van der Waals surface area contributed by atoms with Crippen molar-refractivity contribution in [3.63, 3.8) is 0 Å². The Labute approximate surface area is 462 Å². The van der Waals surface area contributed by atoms with Gasteiger partial charge in [0.2, 0.25) is 0 Å². The van der Waals surface area contributed by atoms with Gasteiger partial charge in [0.05, 0.1) is 0 Å². The highest BCUT2D eigenvalue weighted by atomic mass is 15.2. The number of hydrogen-bond acceptors (Lipinski definition) is 1. The van der Waals surface area contributed by atoms with E-state index in [0.29, 0.717) is 30.2 Å². The number of rotatable bonds is 5. The number of aryl methyl sites for hydroxylation is 3. The highest BCUT2D eigenvalue weighted by Gasteiger charge is 2.24. The van der Waals surface area contributed by atoms with Crippen molar-refractivity contribution in [1.29, 1.82) is 0 Å². The zero-order valence-electron chi connectivity index (χ0n) is 48.0. The first-order chi connectivity index (χ1) is 35.5. The van der Waals surface area contributed by atoms with Crippen LogP contribution in [0.15, 0.2) is 128 Å². The molecular formula is C71H99N5. The van der Waals surface area contributed by atoms with Crippen LogP contribution in [-0.4, -0.2) is 24.3 Å². The molecule has 12 rings (SSSR count). The average molecular weight is 1020 g/mol. The minimum absolute atomic E-state index is 0. The van der Waals surface area contributed by atoms with Crippen LogP contribution in [0.1, 0.15) is 211 Å². The lowest BCUT2D eigenvalue weighted by atomic mass is 9.89. The third-order valence-electron chi connectivity index (χ3n) is 16.1. The normalized spacial score (nSPS) is 17.0. The first-order valence-corrected chi connectivity index (χ1v) is 28.7. The number of nitrogens with zero attached hydrogens (tertiary/aromatic N) is 5. The van der Waals surface area contributed by atoms with Crippen LogP contribution in [0.4, 0.5) is 11.4 Å². The van der Waals surface area contributed by atoms with Crippen LogP contribution in [0.2, 0.25) is 0 Å². The van der Waals surface area contributed by atoms with E-state index in [9.17, 15) is 0 Å². The molecule has 0 radical (unpaired) electrons. The Kier molecular flexibility index (Phi) is 20.6. The molecule has 4 aromatic heterocycles. The molecule has 0 saturated carbocycles. The number of fused-ring (bicyclic) bond motifs is 8.